The molecule has 0 aromatic rings. The second-order valence-electron chi connectivity index (χ2n) is 3.69. The second kappa shape index (κ2) is 7.41. The molecule has 15 heavy (non-hydrogen) atoms. The zero-order valence-electron chi connectivity index (χ0n) is 9.11. The van der Waals surface area contributed by atoms with Crippen LogP contribution in [0.1, 0.15) is 0 Å². The van der Waals surface area contributed by atoms with Gasteiger partial charge in [-0.25, -0.2) is 0 Å². The molecule has 1 heterocycles. The van der Waals surface area contributed by atoms with E-state index < -0.39 is 0 Å². The van der Waals surface area contributed by atoms with E-state index in [0.29, 0.717) is 0 Å². The standard InChI is InChI=1S/C11H19N3O/c1-2-3-13-9-11(8-12)10-14-4-6-15-7-5-14/h2,11,13H,1,3-7,9-10H2. The van der Waals surface area contributed by atoms with Crippen molar-refractivity contribution < 1.29 is 4.74 Å². The minimum Gasteiger partial charge on any atom is -0.379 e. The van der Waals surface area contributed by atoms with Gasteiger partial charge < -0.3 is 10.1 Å². The monoisotopic (exact) mass is 209 g/mol. The van der Waals surface area contributed by atoms with Gasteiger partial charge in [0.05, 0.1) is 25.2 Å². The summed E-state index contributed by atoms with van der Waals surface area (Å²) in [6.45, 7) is 9.43. The van der Waals surface area contributed by atoms with Crippen LogP contribution < -0.4 is 5.32 Å². The van der Waals surface area contributed by atoms with Gasteiger partial charge in [0, 0.05) is 32.7 Å². The van der Waals surface area contributed by atoms with E-state index in [0.717, 1.165) is 45.9 Å². The third-order valence-electron chi connectivity index (χ3n) is 2.44. The molecule has 0 bridgehead atoms. The molecule has 0 radical (unpaired) electrons. The molecule has 1 fully saturated rings. The highest BCUT2D eigenvalue weighted by atomic mass is 16.5. The molecule has 0 spiro atoms. The van der Waals surface area contributed by atoms with Crippen LogP contribution in [-0.2, 0) is 4.74 Å². The van der Waals surface area contributed by atoms with Gasteiger partial charge in [0.1, 0.15) is 0 Å². The van der Waals surface area contributed by atoms with E-state index in [-0.39, 0.29) is 5.92 Å². The summed E-state index contributed by atoms with van der Waals surface area (Å²) in [7, 11) is 0. The van der Waals surface area contributed by atoms with E-state index in [1.54, 1.807) is 0 Å². The number of hydrogen-bond acceptors (Lipinski definition) is 4. The van der Waals surface area contributed by atoms with E-state index in [9.17, 15) is 0 Å². The molecule has 1 unspecified atom stereocenters. The van der Waals surface area contributed by atoms with Crippen LogP contribution in [0.2, 0.25) is 0 Å². The molecule has 0 aliphatic carbocycles. The molecule has 84 valence electrons. The Morgan fingerprint density at radius 1 is 1.53 bits per heavy atom. The van der Waals surface area contributed by atoms with Crippen molar-refractivity contribution in [2.45, 2.75) is 0 Å². The molecule has 0 aromatic carbocycles. The van der Waals surface area contributed by atoms with Crippen molar-refractivity contribution in [2.24, 2.45) is 5.92 Å². The number of rotatable bonds is 6. The quantitative estimate of drug-likeness (QED) is 0.502. The first kappa shape index (κ1) is 12.2. The van der Waals surface area contributed by atoms with Crippen LogP contribution in [0, 0.1) is 17.2 Å². The maximum Gasteiger partial charge on any atom is 0.0715 e. The Labute approximate surface area is 91.5 Å². The molecule has 0 aromatic heterocycles. The van der Waals surface area contributed by atoms with Gasteiger partial charge in [-0.2, -0.15) is 5.26 Å². The maximum atomic E-state index is 8.98. The molecule has 4 nitrogen and oxygen atoms in total. The van der Waals surface area contributed by atoms with Gasteiger partial charge in [0.25, 0.3) is 0 Å². The minimum atomic E-state index is 0.0584. The van der Waals surface area contributed by atoms with Crippen LogP contribution in [0.4, 0.5) is 0 Å². The number of nitriles is 1. The Bertz CT molecular complexity index is 218. The Kier molecular flexibility index (Phi) is 6.02. The van der Waals surface area contributed by atoms with Crippen molar-refractivity contribution in [2.75, 3.05) is 45.9 Å². The van der Waals surface area contributed by atoms with Crippen molar-refractivity contribution in [3.8, 4) is 6.07 Å². The number of nitrogens with one attached hydrogen (secondary N) is 1. The van der Waals surface area contributed by atoms with E-state index in [1.807, 2.05) is 6.08 Å². The summed E-state index contributed by atoms with van der Waals surface area (Å²) in [5, 5.41) is 12.2. The molecule has 0 amide bonds. The summed E-state index contributed by atoms with van der Waals surface area (Å²) in [5.41, 5.74) is 0. The van der Waals surface area contributed by atoms with Crippen molar-refractivity contribution >= 4 is 0 Å². The lowest BCUT2D eigenvalue weighted by molar-refractivity contribution is 0.0338. The van der Waals surface area contributed by atoms with Crippen LogP contribution in [0.25, 0.3) is 0 Å². The van der Waals surface area contributed by atoms with E-state index in [4.69, 9.17) is 10.00 Å². The first-order chi connectivity index (χ1) is 7.36. The first-order valence-electron chi connectivity index (χ1n) is 5.38. The average Bonchev–Trinajstić information content (AvgIpc) is 2.29. The second-order valence-corrected chi connectivity index (χ2v) is 3.69. The van der Waals surface area contributed by atoms with Gasteiger partial charge in [-0.15, -0.1) is 6.58 Å². The Balaban J connectivity index is 2.20. The summed E-state index contributed by atoms with van der Waals surface area (Å²) < 4.78 is 5.26. The smallest absolute Gasteiger partial charge is 0.0715 e. The fourth-order valence-corrected chi connectivity index (χ4v) is 1.61. The van der Waals surface area contributed by atoms with Crippen molar-refractivity contribution in [3.05, 3.63) is 12.7 Å². The highest BCUT2D eigenvalue weighted by molar-refractivity contribution is 4.88. The summed E-state index contributed by atoms with van der Waals surface area (Å²) in [6.07, 6.45) is 1.81. The normalized spacial score (nSPS) is 19.4. The number of nitrogens with zero attached hydrogens (tertiary/aromatic N) is 2. The third-order valence-corrected chi connectivity index (χ3v) is 2.44. The molecule has 1 aliphatic heterocycles. The van der Waals surface area contributed by atoms with Gasteiger partial charge in [-0.3, -0.25) is 4.90 Å². The Morgan fingerprint density at radius 3 is 2.87 bits per heavy atom. The van der Waals surface area contributed by atoms with Gasteiger partial charge in [0.2, 0.25) is 0 Å². The lowest BCUT2D eigenvalue weighted by Gasteiger charge is -2.28. The third kappa shape index (κ3) is 4.93. The van der Waals surface area contributed by atoms with Crippen LogP contribution in [-0.4, -0.2) is 50.8 Å². The molecular weight excluding hydrogens is 190 g/mol. The van der Waals surface area contributed by atoms with Crippen LogP contribution in [0.5, 0.6) is 0 Å². The van der Waals surface area contributed by atoms with E-state index in [1.165, 1.54) is 0 Å². The summed E-state index contributed by atoms with van der Waals surface area (Å²) in [6, 6.07) is 2.33. The zero-order chi connectivity index (χ0) is 10.9. The highest BCUT2D eigenvalue weighted by Gasteiger charge is 2.15. The summed E-state index contributed by atoms with van der Waals surface area (Å²) in [5.74, 6) is 0.0584. The van der Waals surface area contributed by atoms with Gasteiger partial charge in [-0.05, 0) is 0 Å². The molecule has 1 rings (SSSR count). The van der Waals surface area contributed by atoms with E-state index >= 15 is 0 Å². The predicted molar refractivity (Wildman–Crippen MR) is 59.4 cm³/mol. The highest BCUT2D eigenvalue weighted by Crippen LogP contribution is 2.02. The first-order valence-corrected chi connectivity index (χ1v) is 5.38. The fraction of sp³-hybridized carbons (Fsp3) is 0.727. The van der Waals surface area contributed by atoms with Crippen LogP contribution in [0.15, 0.2) is 12.7 Å². The number of morpholine rings is 1. The summed E-state index contributed by atoms with van der Waals surface area (Å²) >= 11 is 0. The molecule has 1 atom stereocenters. The topological polar surface area (TPSA) is 48.3 Å². The summed E-state index contributed by atoms with van der Waals surface area (Å²) in [4.78, 5) is 2.28. The molecule has 1 N–H and O–H groups in total. The maximum absolute atomic E-state index is 8.98. The molecule has 4 heteroatoms. The lowest BCUT2D eigenvalue weighted by atomic mass is 10.1. The van der Waals surface area contributed by atoms with Gasteiger partial charge >= 0.3 is 0 Å². The number of hydrogen-bond donors (Lipinski definition) is 1. The Morgan fingerprint density at radius 2 is 2.27 bits per heavy atom. The Hall–Kier alpha value is -0.890. The minimum absolute atomic E-state index is 0.0584. The van der Waals surface area contributed by atoms with Crippen LogP contribution >= 0.6 is 0 Å². The molecule has 0 saturated carbocycles. The molecular formula is C11H19N3O. The number of ether oxygens (including phenoxy) is 1. The van der Waals surface area contributed by atoms with Gasteiger partial charge in [-0.1, -0.05) is 6.08 Å². The van der Waals surface area contributed by atoms with Gasteiger partial charge in [0.15, 0.2) is 0 Å². The SMILES string of the molecule is C=CCNCC(C#N)CN1CCOCC1. The van der Waals surface area contributed by atoms with Crippen molar-refractivity contribution in [1.29, 1.82) is 5.26 Å². The molecule has 1 saturated heterocycles. The zero-order valence-corrected chi connectivity index (χ0v) is 9.11. The average molecular weight is 209 g/mol. The predicted octanol–water partition coefficient (Wildman–Crippen LogP) is 0.234. The largest absolute Gasteiger partial charge is 0.379 e. The molecule has 1 aliphatic rings. The lowest BCUT2D eigenvalue weighted by Crippen LogP contribution is -2.41. The van der Waals surface area contributed by atoms with E-state index in [2.05, 4.69) is 22.9 Å². The van der Waals surface area contributed by atoms with Crippen LogP contribution in [0.3, 0.4) is 0 Å². The van der Waals surface area contributed by atoms with Crippen molar-refractivity contribution in [1.82, 2.24) is 10.2 Å². The van der Waals surface area contributed by atoms with Crippen molar-refractivity contribution in [3.63, 3.8) is 0 Å². The fourth-order valence-electron chi connectivity index (χ4n) is 1.61.